The highest BCUT2D eigenvalue weighted by Gasteiger charge is 2.22. The molecule has 0 bridgehead atoms. The predicted octanol–water partition coefficient (Wildman–Crippen LogP) is 4.41. The minimum atomic E-state index is 0.110. The van der Waals surface area contributed by atoms with Crippen molar-refractivity contribution < 1.29 is 4.79 Å². The van der Waals surface area contributed by atoms with Crippen LogP contribution < -0.4 is 15.5 Å². The third-order valence-electron chi connectivity index (χ3n) is 6.02. The molecule has 1 saturated carbocycles. The van der Waals surface area contributed by atoms with Crippen molar-refractivity contribution in [3.63, 3.8) is 0 Å². The standard InChI is InChI=1S/C25H31N5O/c1-17(31)19-10-8-18(9-11-19)16-26-20-12-14-21(15-13-20)27-25-28-23-7-5-4-6-22(23)24(29-25)30(2)3/h4-11,20-21,26H,12-16H2,1-3H3,(H,27,28,29). The first-order valence-corrected chi connectivity index (χ1v) is 11.0. The summed E-state index contributed by atoms with van der Waals surface area (Å²) in [6.07, 6.45) is 4.43. The van der Waals surface area contributed by atoms with Gasteiger partial charge in [0.1, 0.15) is 5.82 Å². The van der Waals surface area contributed by atoms with Crippen molar-refractivity contribution in [2.75, 3.05) is 24.3 Å². The zero-order valence-electron chi connectivity index (χ0n) is 18.6. The van der Waals surface area contributed by atoms with Crippen molar-refractivity contribution >= 4 is 28.5 Å². The number of hydrogen-bond donors (Lipinski definition) is 2. The van der Waals surface area contributed by atoms with Crippen LogP contribution in [0.5, 0.6) is 0 Å². The van der Waals surface area contributed by atoms with Gasteiger partial charge in [-0.3, -0.25) is 4.79 Å². The molecule has 0 radical (unpaired) electrons. The lowest BCUT2D eigenvalue weighted by atomic mass is 9.91. The van der Waals surface area contributed by atoms with Gasteiger partial charge in [-0.25, -0.2) is 4.98 Å². The second kappa shape index (κ2) is 9.43. The zero-order valence-corrected chi connectivity index (χ0v) is 18.6. The van der Waals surface area contributed by atoms with Gasteiger partial charge in [-0.05, 0) is 50.3 Å². The van der Waals surface area contributed by atoms with Crippen LogP contribution in [0, 0.1) is 0 Å². The van der Waals surface area contributed by atoms with E-state index in [1.165, 1.54) is 5.56 Å². The number of rotatable bonds is 7. The highest BCUT2D eigenvalue weighted by Crippen LogP contribution is 2.26. The van der Waals surface area contributed by atoms with Crippen molar-refractivity contribution in [2.24, 2.45) is 0 Å². The summed E-state index contributed by atoms with van der Waals surface area (Å²) in [5.74, 6) is 1.77. The molecule has 0 saturated heterocycles. The van der Waals surface area contributed by atoms with Gasteiger partial charge in [0.15, 0.2) is 5.78 Å². The molecule has 2 aromatic carbocycles. The van der Waals surface area contributed by atoms with E-state index in [-0.39, 0.29) is 5.78 Å². The van der Waals surface area contributed by atoms with Gasteiger partial charge in [-0.15, -0.1) is 0 Å². The summed E-state index contributed by atoms with van der Waals surface area (Å²) in [4.78, 5) is 23.0. The molecule has 1 aliphatic rings. The minimum absolute atomic E-state index is 0.110. The SMILES string of the molecule is CC(=O)c1ccc(CNC2CCC(Nc3nc(N(C)C)c4ccccc4n3)CC2)cc1. The van der Waals surface area contributed by atoms with Crippen LogP contribution in [0.25, 0.3) is 10.9 Å². The topological polar surface area (TPSA) is 70.2 Å². The molecule has 0 atom stereocenters. The lowest BCUT2D eigenvalue weighted by Crippen LogP contribution is -2.37. The van der Waals surface area contributed by atoms with Crippen LogP contribution in [0.2, 0.25) is 0 Å². The van der Waals surface area contributed by atoms with E-state index in [9.17, 15) is 4.79 Å². The maximum absolute atomic E-state index is 11.4. The summed E-state index contributed by atoms with van der Waals surface area (Å²) in [6.45, 7) is 2.44. The van der Waals surface area contributed by atoms with Gasteiger partial charge < -0.3 is 15.5 Å². The fraction of sp³-hybridized carbons (Fsp3) is 0.400. The third-order valence-corrected chi connectivity index (χ3v) is 6.02. The fourth-order valence-electron chi connectivity index (χ4n) is 4.21. The van der Waals surface area contributed by atoms with Gasteiger partial charge in [-0.1, -0.05) is 36.4 Å². The van der Waals surface area contributed by atoms with Crippen molar-refractivity contribution in [3.05, 3.63) is 59.7 Å². The van der Waals surface area contributed by atoms with Gasteiger partial charge in [0.05, 0.1) is 5.52 Å². The van der Waals surface area contributed by atoms with Crippen LogP contribution in [0.3, 0.4) is 0 Å². The average Bonchev–Trinajstić information content (AvgIpc) is 2.78. The summed E-state index contributed by atoms with van der Waals surface area (Å²) in [7, 11) is 4.03. The second-order valence-corrected chi connectivity index (χ2v) is 8.61. The first kappa shape index (κ1) is 21.2. The first-order chi connectivity index (χ1) is 15.0. The monoisotopic (exact) mass is 417 g/mol. The molecule has 162 valence electrons. The number of Topliss-reactive ketones (excluding diaryl/α,β-unsaturated/α-hetero) is 1. The molecular formula is C25H31N5O. The Balaban J connectivity index is 1.31. The smallest absolute Gasteiger partial charge is 0.225 e. The number of nitrogens with one attached hydrogen (secondary N) is 2. The first-order valence-electron chi connectivity index (χ1n) is 11.0. The molecule has 1 aliphatic carbocycles. The van der Waals surface area contributed by atoms with Crippen LogP contribution in [0.4, 0.5) is 11.8 Å². The number of carbonyl (C=O) groups excluding carboxylic acids is 1. The quantitative estimate of drug-likeness (QED) is 0.555. The molecule has 4 rings (SSSR count). The molecule has 1 fully saturated rings. The van der Waals surface area contributed by atoms with Gasteiger partial charge in [0.25, 0.3) is 0 Å². The molecule has 1 aromatic heterocycles. The number of fused-ring (bicyclic) bond motifs is 1. The maximum atomic E-state index is 11.4. The molecule has 3 aromatic rings. The van der Waals surface area contributed by atoms with Crippen LogP contribution in [0.1, 0.15) is 48.5 Å². The van der Waals surface area contributed by atoms with E-state index in [2.05, 4.69) is 16.7 Å². The van der Waals surface area contributed by atoms with Crippen molar-refractivity contribution in [2.45, 2.75) is 51.2 Å². The van der Waals surface area contributed by atoms with Crippen LogP contribution in [-0.2, 0) is 6.54 Å². The lowest BCUT2D eigenvalue weighted by Gasteiger charge is -2.30. The van der Waals surface area contributed by atoms with E-state index in [0.717, 1.165) is 54.5 Å². The molecule has 31 heavy (non-hydrogen) atoms. The molecule has 0 unspecified atom stereocenters. The number of nitrogens with zero attached hydrogens (tertiary/aromatic N) is 3. The van der Waals surface area contributed by atoms with E-state index < -0.39 is 0 Å². The zero-order chi connectivity index (χ0) is 21.8. The second-order valence-electron chi connectivity index (χ2n) is 8.61. The van der Waals surface area contributed by atoms with Crippen molar-refractivity contribution in [1.29, 1.82) is 0 Å². The summed E-state index contributed by atoms with van der Waals surface area (Å²) in [6, 6.07) is 17.0. The average molecular weight is 418 g/mol. The molecule has 6 nitrogen and oxygen atoms in total. The Kier molecular flexibility index (Phi) is 6.47. The predicted molar refractivity (Wildman–Crippen MR) is 127 cm³/mol. The van der Waals surface area contributed by atoms with E-state index in [1.54, 1.807) is 6.92 Å². The van der Waals surface area contributed by atoms with Gasteiger partial charge >= 0.3 is 0 Å². The Labute approximate surface area is 184 Å². The van der Waals surface area contributed by atoms with Crippen LogP contribution in [0.15, 0.2) is 48.5 Å². The minimum Gasteiger partial charge on any atom is -0.362 e. The molecule has 0 aliphatic heterocycles. The van der Waals surface area contributed by atoms with Crippen molar-refractivity contribution in [1.82, 2.24) is 15.3 Å². The summed E-state index contributed by atoms with van der Waals surface area (Å²) < 4.78 is 0. The molecule has 1 heterocycles. The Morgan fingerprint density at radius 1 is 0.968 bits per heavy atom. The Morgan fingerprint density at radius 2 is 1.65 bits per heavy atom. The Morgan fingerprint density at radius 3 is 2.32 bits per heavy atom. The highest BCUT2D eigenvalue weighted by molar-refractivity contribution is 5.94. The van der Waals surface area contributed by atoms with Crippen molar-refractivity contribution in [3.8, 4) is 0 Å². The van der Waals surface area contributed by atoms with Gasteiger partial charge in [0, 0.05) is 43.7 Å². The van der Waals surface area contributed by atoms with Gasteiger partial charge in [0.2, 0.25) is 5.95 Å². The number of benzene rings is 2. The normalized spacial score (nSPS) is 18.7. The number of aromatic nitrogens is 2. The molecule has 0 spiro atoms. The van der Waals surface area contributed by atoms with Crippen LogP contribution in [-0.4, -0.2) is 41.9 Å². The summed E-state index contributed by atoms with van der Waals surface area (Å²) >= 11 is 0. The number of anilines is 2. The van der Waals surface area contributed by atoms with E-state index in [0.29, 0.717) is 18.0 Å². The van der Waals surface area contributed by atoms with E-state index in [4.69, 9.17) is 9.97 Å². The number of ketones is 1. The molecular weight excluding hydrogens is 386 g/mol. The number of hydrogen-bond acceptors (Lipinski definition) is 6. The third kappa shape index (κ3) is 5.20. The number of carbonyl (C=O) groups is 1. The Bertz CT molecular complexity index is 1040. The lowest BCUT2D eigenvalue weighted by molar-refractivity contribution is 0.101. The van der Waals surface area contributed by atoms with E-state index in [1.807, 2.05) is 61.5 Å². The maximum Gasteiger partial charge on any atom is 0.225 e. The molecule has 2 N–H and O–H groups in total. The molecule has 6 heteroatoms. The number of para-hydroxylation sites is 1. The highest BCUT2D eigenvalue weighted by atomic mass is 16.1. The largest absolute Gasteiger partial charge is 0.362 e. The summed E-state index contributed by atoms with van der Waals surface area (Å²) in [5.41, 5.74) is 2.95. The van der Waals surface area contributed by atoms with E-state index >= 15 is 0 Å². The van der Waals surface area contributed by atoms with Crippen LogP contribution >= 0.6 is 0 Å². The fourth-order valence-corrected chi connectivity index (χ4v) is 4.21. The van der Waals surface area contributed by atoms with Gasteiger partial charge in [-0.2, -0.15) is 4.98 Å². The summed E-state index contributed by atoms with van der Waals surface area (Å²) in [5, 5.41) is 8.31. The Hall–Kier alpha value is -2.99. The molecule has 0 amide bonds.